The van der Waals surface area contributed by atoms with Crippen LogP contribution >= 0.6 is 0 Å². The lowest BCUT2D eigenvalue weighted by atomic mass is 10.0. The summed E-state index contributed by atoms with van der Waals surface area (Å²) in [6.07, 6.45) is 0.642. The van der Waals surface area contributed by atoms with E-state index >= 15 is 0 Å². The van der Waals surface area contributed by atoms with Crippen molar-refractivity contribution in [2.24, 2.45) is 5.92 Å². The molecule has 0 aliphatic heterocycles. The van der Waals surface area contributed by atoms with Gasteiger partial charge in [-0.3, -0.25) is 4.79 Å². The SMILES string of the molecule is O=C(N[C@@H](CO)c1ccc2ccccc2c1)C1CC1c1ccccc1F. The van der Waals surface area contributed by atoms with Crippen LogP contribution in [0, 0.1) is 11.7 Å². The molecule has 3 atom stereocenters. The highest BCUT2D eigenvalue weighted by Gasteiger charge is 2.45. The zero-order valence-corrected chi connectivity index (χ0v) is 14.2. The van der Waals surface area contributed by atoms with Crippen LogP contribution in [-0.2, 0) is 4.79 Å². The number of carbonyl (C=O) groups is 1. The summed E-state index contributed by atoms with van der Waals surface area (Å²) >= 11 is 0. The Morgan fingerprint density at radius 3 is 2.58 bits per heavy atom. The average molecular weight is 349 g/mol. The number of carbonyl (C=O) groups excluding carboxylic acids is 1. The van der Waals surface area contributed by atoms with Crippen molar-refractivity contribution in [3.63, 3.8) is 0 Å². The highest BCUT2D eigenvalue weighted by Crippen LogP contribution is 2.48. The summed E-state index contributed by atoms with van der Waals surface area (Å²) in [5.74, 6) is -0.708. The Bertz CT molecular complexity index is 956. The summed E-state index contributed by atoms with van der Waals surface area (Å²) in [4.78, 5) is 12.6. The summed E-state index contributed by atoms with van der Waals surface area (Å²) in [6, 6.07) is 20.0. The first kappa shape index (κ1) is 16.7. The smallest absolute Gasteiger partial charge is 0.224 e. The van der Waals surface area contributed by atoms with E-state index in [1.54, 1.807) is 18.2 Å². The molecule has 4 heteroatoms. The van der Waals surface area contributed by atoms with Crippen LogP contribution in [0.2, 0.25) is 0 Å². The minimum atomic E-state index is -0.464. The summed E-state index contributed by atoms with van der Waals surface area (Å²) in [7, 11) is 0. The molecule has 1 aliphatic rings. The molecule has 0 radical (unpaired) electrons. The van der Waals surface area contributed by atoms with Gasteiger partial charge in [0.2, 0.25) is 5.91 Å². The number of benzene rings is 3. The number of aliphatic hydroxyl groups excluding tert-OH is 1. The van der Waals surface area contributed by atoms with Crippen molar-refractivity contribution >= 4 is 16.7 Å². The predicted molar refractivity (Wildman–Crippen MR) is 99.2 cm³/mol. The standard InChI is InChI=1S/C22H20FNO2/c23-20-8-4-3-7-17(20)18-12-19(18)22(26)24-21(13-25)16-10-9-14-5-1-2-6-15(14)11-16/h1-11,18-19,21,25H,12-13H2,(H,24,26)/t18?,19?,21-/m0/s1. The van der Waals surface area contributed by atoms with E-state index in [-0.39, 0.29) is 30.2 Å². The van der Waals surface area contributed by atoms with E-state index in [1.807, 2.05) is 42.5 Å². The van der Waals surface area contributed by atoms with Gasteiger partial charge in [-0.25, -0.2) is 4.39 Å². The average Bonchev–Trinajstić information content (AvgIpc) is 3.46. The fraction of sp³-hybridized carbons (Fsp3) is 0.227. The quantitative estimate of drug-likeness (QED) is 0.733. The van der Waals surface area contributed by atoms with Gasteiger partial charge in [0.05, 0.1) is 12.6 Å². The summed E-state index contributed by atoms with van der Waals surface area (Å²) in [6.45, 7) is -0.179. The molecule has 0 saturated heterocycles. The fourth-order valence-corrected chi connectivity index (χ4v) is 3.54. The molecule has 3 aromatic carbocycles. The number of amides is 1. The van der Waals surface area contributed by atoms with Crippen molar-refractivity contribution in [3.05, 3.63) is 83.7 Å². The largest absolute Gasteiger partial charge is 0.394 e. The van der Waals surface area contributed by atoms with E-state index in [2.05, 4.69) is 5.32 Å². The zero-order valence-electron chi connectivity index (χ0n) is 14.2. The second kappa shape index (κ2) is 6.89. The fourth-order valence-electron chi connectivity index (χ4n) is 3.54. The minimum absolute atomic E-state index is 0.0767. The Balaban J connectivity index is 1.48. The number of halogens is 1. The van der Waals surface area contributed by atoms with Gasteiger partial charge >= 0.3 is 0 Å². The molecule has 0 spiro atoms. The van der Waals surface area contributed by atoms with Crippen molar-refractivity contribution < 1.29 is 14.3 Å². The van der Waals surface area contributed by atoms with Crippen molar-refractivity contribution in [2.45, 2.75) is 18.4 Å². The molecular weight excluding hydrogens is 329 g/mol. The molecule has 1 fully saturated rings. The molecule has 3 nitrogen and oxygen atoms in total. The van der Waals surface area contributed by atoms with Gasteiger partial charge in [-0.2, -0.15) is 0 Å². The van der Waals surface area contributed by atoms with Gasteiger partial charge in [0.25, 0.3) is 0 Å². The van der Waals surface area contributed by atoms with Crippen molar-refractivity contribution in [1.29, 1.82) is 0 Å². The first-order chi connectivity index (χ1) is 12.7. The molecule has 1 saturated carbocycles. The van der Waals surface area contributed by atoms with E-state index in [1.165, 1.54) is 6.07 Å². The maximum absolute atomic E-state index is 13.9. The third-order valence-corrected chi connectivity index (χ3v) is 5.11. The van der Waals surface area contributed by atoms with Gasteiger partial charge in [0, 0.05) is 5.92 Å². The van der Waals surface area contributed by atoms with Gasteiger partial charge in [-0.1, -0.05) is 54.6 Å². The first-order valence-corrected chi connectivity index (χ1v) is 8.81. The number of nitrogens with one attached hydrogen (secondary N) is 1. The van der Waals surface area contributed by atoms with E-state index < -0.39 is 6.04 Å². The van der Waals surface area contributed by atoms with Gasteiger partial charge in [-0.15, -0.1) is 0 Å². The number of fused-ring (bicyclic) bond motifs is 1. The lowest BCUT2D eigenvalue weighted by molar-refractivity contribution is -0.123. The van der Waals surface area contributed by atoms with Crippen LogP contribution in [0.3, 0.4) is 0 Å². The highest BCUT2D eigenvalue weighted by molar-refractivity contribution is 5.85. The van der Waals surface area contributed by atoms with E-state index in [9.17, 15) is 14.3 Å². The second-order valence-corrected chi connectivity index (χ2v) is 6.82. The Kier molecular flexibility index (Phi) is 4.43. The van der Waals surface area contributed by atoms with Gasteiger partial charge < -0.3 is 10.4 Å². The molecule has 0 aromatic heterocycles. The molecule has 1 amide bonds. The summed E-state index contributed by atoms with van der Waals surface area (Å²) < 4.78 is 13.9. The van der Waals surface area contributed by atoms with Crippen LogP contribution in [-0.4, -0.2) is 17.6 Å². The molecule has 132 valence electrons. The third-order valence-electron chi connectivity index (χ3n) is 5.11. The van der Waals surface area contributed by atoms with Crippen molar-refractivity contribution in [3.8, 4) is 0 Å². The van der Waals surface area contributed by atoms with Crippen molar-refractivity contribution in [2.75, 3.05) is 6.61 Å². The molecule has 26 heavy (non-hydrogen) atoms. The van der Waals surface area contributed by atoms with Crippen LogP contribution in [0.15, 0.2) is 66.7 Å². The van der Waals surface area contributed by atoms with Crippen LogP contribution < -0.4 is 5.32 Å². The van der Waals surface area contributed by atoms with E-state index in [0.717, 1.165) is 16.3 Å². The lowest BCUT2D eigenvalue weighted by Gasteiger charge is -2.17. The second-order valence-electron chi connectivity index (χ2n) is 6.82. The maximum atomic E-state index is 13.9. The zero-order chi connectivity index (χ0) is 18.1. The van der Waals surface area contributed by atoms with Gasteiger partial charge in [-0.05, 0) is 46.4 Å². The Morgan fingerprint density at radius 2 is 1.81 bits per heavy atom. The Morgan fingerprint density at radius 1 is 1.08 bits per heavy atom. The molecule has 2 unspecified atom stereocenters. The Hall–Kier alpha value is -2.72. The summed E-state index contributed by atoms with van der Waals surface area (Å²) in [5, 5.41) is 14.8. The number of hydrogen-bond donors (Lipinski definition) is 2. The molecular formula is C22H20FNO2. The van der Waals surface area contributed by atoms with E-state index in [0.29, 0.717) is 12.0 Å². The highest BCUT2D eigenvalue weighted by atomic mass is 19.1. The number of hydrogen-bond acceptors (Lipinski definition) is 2. The number of rotatable bonds is 5. The molecule has 0 bridgehead atoms. The Labute approximate surface area is 151 Å². The van der Waals surface area contributed by atoms with Crippen LogP contribution in [0.25, 0.3) is 10.8 Å². The first-order valence-electron chi connectivity index (χ1n) is 8.81. The minimum Gasteiger partial charge on any atom is -0.394 e. The normalized spacial score (nSPS) is 19.9. The van der Waals surface area contributed by atoms with Crippen LogP contribution in [0.4, 0.5) is 4.39 Å². The van der Waals surface area contributed by atoms with Crippen LogP contribution in [0.1, 0.15) is 29.5 Å². The molecule has 0 heterocycles. The monoisotopic (exact) mass is 349 g/mol. The third kappa shape index (κ3) is 3.20. The summed E-state index contributed by atoms with van der Waals surface area (Å²) in [5.41, 5.74) is 1.46. The predicted octanol–water partition coefficient (Wildman–Crippen LogP) is 3.93. The molecule has 4 rings (SSSR count). The van der Waals surface area contributed by atoms with E-state index in [4.69, 9.17) is 0 Å². The van der Waals surface area contributed by atoms with Crippen molar-refractivity contribution in [1.82, 2.24) is 5.32 Å². The maximum Gasteiger partial charge on any atom is 0.224 e. The molecule has 3 aromatic rings. The lowest BCUT2D eigenvalue weighted by Crippen LogP contribution is -2.32. The van der Waals surface area contributed by atoms with Gasteiger partial charge in [0.15, 0.2) is 0 Å². The van der Waals surface area contributed by atoms with Gasteiger partial charge in [0.1, 0.15) is 5.82 Å². The topological polar surface area (TPSA) is 49.3 Å². The molecule has 2 N–H and O–H groups in total. The van der Waals surface area contributed by atoms with Crippen LogP contribution in [0.5, 0.6) is 0 Å². The molecule has 1 aliphatic carbocycles. The number of aliphatic hydroxyl groups is 1.